The SMILES string of the molecule is N=CCNCCS(=O)(=O)C[C@@H](N)C(=O)O. The van der Waals surface area contributed by atoms with Gasteiger partial charge in [0.15, 0.2) is 9.84 Å². The fourth-order valence-electron chi connectivity index (χ4n) is 0.830. The van der Waals surface area contributed by atoms with Crippen LogP contribution in [0.5, 0.6) is 0 Å². The third-order valence-corrected chi connectivity index (χ3v) is 3.28. The lowest BCUT2D eigenvalue weighted by molar-refractivity contribution is -0.137. The van der Waals surface area contributed by atoms with Crippen molar-refractivity contribution in [1.29, 1.82) is 5.41 Å². The van der Waals surface area contributed by atoms with Crippen molar-refractivity contribution in [1.82, 2.24) is 5.32 Å². The van der Waals surface area contributed by atoms with Crippen LogP contribution >= 0.6 is 0 Å². The van der Waals surface area contributed by atoms with E-state index in [-0.39, 0.29) is 12.3 Å². The first kappa shape index (κ1) is 14.0. The second-order valence-electron chi connectivity index (χ2n) is 2.97. The van der Waals surface area contributed by atoms with Gasteiger partial charge >= 0.3 is 5.97 Å². The molecule has 1 atom stereocenters. The molecule has 0 aromatic heterocycles. The summed E-state index contributed by atoms with van der Waals surface area (Å²) < 4.78 is 22.5. The Balaban J connectivity index is 3.97. The van der Waals surface area contributed by atoms with Gasteiger partial charge in [-0.1, -0.05) is 0 Å². The van der Waals surface area contributed by atoms with E-state index in [4.69, 9.17) is 16.2 Å². The van der Waals surface area contributed by atoms with Gasteiger partial charge in [-0.05, 0) is 0 Å². The molecule has 0 unspecified atom stereocenters. The fourth-order valence-corrected chi connectivity index (χ4v) is 2.14. The maximum atomic E-state index is 11.3. The van der Waals surface area contributed by atoms with Crippen LogP contribution in [-0.2, 0) is 14.6 Å². The molecule has 0 aromatic rings. The van der Waals surface area contributed by atoms with E-state index >= 15 is 0 Å². The minimum atomic E-state index is -3.45. The zero-order chi connectivity index (χ0) is 11.9. The molecule has 0 bridgehead atoms. The molecule has 0 aliphatic carbocycles. The van der Waals surface area contributed by atoms with E-state index in [2.05, 4.69) is 5.32 Å². The van der Waals surface area contributed by atoms with Crippen molar-refractivity contribution in [2.24, 2.45) is 5.73 Å². The van der Waals surface area contributed by atoms with Crippen molar-refractivity contribution in [3.63, 3.8) is 0 Å². The van der Waals surface area contributed by atoms with Crippen LogP contribution in [0.3, 0.4) is 0 Å². The van der Waals surface area contributed by atoms with Crippen LogP contribution in [0, 0.1) is 5.41 Å². The van der Waals surface area contributed by atoms with Gasteiger partial charge in [-0.25, -0.2) is 8.42 Å². The van der Waals surface area contributed by atoms with Crippen molar-refractivity contribution >= 4 is 22.0 Å². The average molecular weight is 237 g/mol. The zero-order valence-electron chi connectivity index (χ0n) is 8.14. The quantitative estimate of drug-likeness (QED) is 0.286. The number of carbonyl (C=O) groups is 1. The molecule has 0 radical (unpaired) electrons. The van der Waals surface area contributed by atoms with Crippen molar-refractivity contribution in [2.45, 2.75) is 6.04 Å². The summed E-state index contributed by atoms with van der Waals surface area (Å²) in [5.41, 5.74) is 5.10. The second-order valence-corrected chi connectivity index (χ2v) is 5.20. The van der Waals surface area contributed by atoms with Gasteiger partial charge in [-0.15, -0.1) is 0 Å². The molecular formula is C7H15N3O4S. The Hall–Kier alpha value is -0.990. The summed E-state index contributed by atoms with van der Waals surface area (Å²) >= 11 is 0. The molecule has 0 rings (SSSR count). The highest BCUT2D eigenvalue weighted by Crippen LogP contribution is 1.93. The van der Waals surface area contributed by atoms with Gasteiger partial charge < -0.3 is 21.6 Å². The van der Waals surface area contributed by atoms with E-state index in [9.17, 15) is 13.2 Å². The van der Waals surface area contributed by atoms with Crippen molar-refractivity contribution in [2.75, 3.05) is 24.6 Å². The minimum absolute atomic E-state index is 0.179. The van der Waals surface area contributed by atoms with E-state index in [1.807, 2.05) is 0 Å². The molecule has 5 N–H and O–H groups in total. The fraction of sp³-hybridized carbons (Fsp3) is 0.714. The van der Waals surface area contributed by atoms with Crippen LogP contribution in [0.2, 0.25) is 0 Å². The number of hydrogen-bond donors (Lipinski definition) is 4. The molecule has 0 aromatic carbocycles. The monoisotopic (exact) mass is 237 g/mol. The van der Waals surface area contributed by atoms with E-state index in [0.717, 1.165) is 6.21 Å². The number of aliphatic carboxylic acids is 1. The molecule has 7 nitrogen and oxygen atoms in total. The highest BCUT2D eigenvalue weighted by atomic mass is 32.2. The Bertz CT molecular complexity index is 314. The zero-order valence-corrected chi connectivity index (χ0v) is 8.96. The molecule has 0 aliphatic heterocycles. The van der Waals surface area contributed by atoms with Crippen LogP contribution in [0.15, 0.2) is 0 Å². The van der Waals surface area contributed by atoms with Crippen LogP contribution in [0.4, 0.5) is 0 Å². The van der Waals surface area contributed by atoms with E-state index in [1.165, 1.54) is 0 Å². The molecule has 0 spiro atoms. The van der Waals surface area contributed by atoms with Gasteiger partial charge in [0.25, 0.3) is 0 Å². The van der Waals surface area contributed by atoms with Gasteiger partial charge in [0.1, 0.15) is 6.04 Å². The lowest BCUT2D eigenvalue weighted by Gasteiger charge is -2.07. The molecule has 0 saturated carbocycles. The maximum Gasteiger partial charge on any atom is 0.321 e. The predicted molar refractivity (Wildman–Crippen MR) is 55.9 cm³/mol. The summed E-state index contributed by atoms with van der Waals surface area (Å²) in [4.78, 5) is 10.3. The lowest BCUT2D eigenvalue weighted by atomic mass is 10.4. The summed E-state index contributed by atoms with van der Waals surface area (Å²) in [6.07, 6.45) is 1.11. The number of carboxylic acids is 1. The molecule has 8 heteroatoms. The summed E-state index contributed by atoms with van der Waals surface area (Å²) in [6.45, 7) is 0.477. The molecule has 0 aliphatic rings. The summed E-state index contributed by atoms with van der Waals surface area (Å²) in [6, 6.07) is -1.38. The Morgan fingerprint density at radius 1 is 1.60 bits per heavy atom. The Morgan fingerprint density at radius 3 is 2.67 bits per heavy atom. The van der Waals surface area contributed by atoms with Crippen molar-refractivity contribution in [3.05, 3.63) is 0 Å². The highest BCUT2D eigenvalue weighted by molar-refractivity contribution is 7.91. The number of rotatable bonds is 8. The molecule has 15 heavy (non-hydrogen) atoms. The van der Waals surface area contributed by atoms with Crippen molar-refractivity contribution < 1.29 is 18.3 Å². The molecule has 0 heterocycles. The molecule has 88 valence electrons. The van der Waals surface area contributed by atoms with Crippen LogP contribution in [0.25, 0.3) is 0 Å². The topological polar surface area (TPSA) is 133 Å². The molecule has 0 saturated heterocycles. The first-order valence-electron chi connectivity index (χ1n) is 4.27. The molecular weight excluding hydrogens is 222 g/mol. The smallest absolute Gasteiger partial charge is 0.321 e. The van der Waals surface area contributed by atoms with Gasteiger partial charge in [0.2, 0.25) is 0 Å². The predicted octanol–water partition coefficient (Wildman–Crippen LogP) is -1.95. The average Bonchev–Trinajstić information content (AvgIpc) is 2.11. The van der Waals surface area contributed by atoms with Crippen LogP contribution in [-0.4, -0.2) is 56.3 Å². The summed E-state index contributed by atoms with van der Waals surface area (Å²) in [7, 11) is -3.45. The third-order valence-electron chi connectivity index (χ3n) is 1.59. The maximum absolute atomic E-state index is 11.3. The minimum Gasteiger partial charge on any atom is -0.480 e. The third kappa shape index (κ3) is 7.00. The van der Waals surface area contributed by atoms with E-state index in [1.54, 1.807) is 0 Å². The number of hydrogen-bond acceptors (Lipinski definition) is 6. The van der Waals surface area contributed by atoms with Gasteiger partial charge in [0.05, 0.1) is 11.5 Å². The molecule has 0 amide bonds. The number of nitrogens with two attached hydrogens (primary N) is 1. The lowest BCUT2D eigenvalue weighted by Crippen LogP contribution is -2.39. The van der Waals surface area contributed by atoms with Gasteiger partial charge in [0, 0.05) is 19.3 Å². The van der Waals surface area contributed by atoms with E-state index in [0.29, 0.717) is 6.54 Å². The number of nitrogens with one attached hydrogen (secondary N) is 2. The normalized spacial score (nSPS) is 13.4. The highest BCUT2D eigenvalue weighted by Gasteiger charge is 2.20. The number of sulfone groups is 1. The Labute approximate surface area is 88.1 Å². The summed E-state index contributed by atoms with van der Waals surface area (Å²) in [5, 5.41) is 17.8. The second kappa shape index (κ2) is 6.49. The first-order valence-corrected chi connectivity index (χ1v) is 6.09. The van der Waals surface area contributed by atoms with Crippen LogP contribution in [0.1, 0.15) is 0 Å². The molecule has 0 fully saturated rings. The number of carboxylic acid groups (broad SMARTS) is 1. The van der Waals surface area contributed by atoms with E-state index < -0.39 is 27.6 Å². The van der Waals surface area contributed by atoms with Gasteiger partial charge in [-0.3, -0.25) is 4.79 Å². The first-order chi connectivity index (χ1) is 6.89. The largest absolute Gasteiger partial charge is 0.480 e. The standard InChI is InChI=1S/C7H15N3O4S/c8-1-2-10-3-4-15(13,14)5-6(9)7(11)12/h1,6,8,10H,2-5,9H2,(H,11,12)/t6-/m1/s1. The van der Waals surface area contributed by atoms with Crippen molar-refractivity contribution in [3.8, 4) is 0 Å². The Kier molecular flexibility index (Phi) is 6.06. The Morgan fingerprint density at radius 2 is 2.20 bits per heavy atom. The van der Waals surface area contributed by atoms with Crippen LogP contribution < -0.4 is 11.1 Å². The van der Waals surface area contributed by atoms with Gasteiger partial charge in [-0.2, -0.15) is 0 Å². The summed E-state index contributed by atoms with van der Waals surface area (Å²) in [5.74, 6) is -2.07.